The van der Waals surface area contributed by atoms with Gasteiger partial charge in [0, 0.05) is 18.7 Å². The normalized spacial score (nSPS) is 19.8. The molecule has 0 bridgehead atoms. The third kappa shape index (κ3) is 6.36. The maximum Gasteiger partial charge on any atom is 0.325 e. The Morgan fingerprint density at radius 3 is 2.18 bits per heavy atom. The average molecular weight is 389 g/mol. The summed E-state index contributed by atoms with van der Waals surface area (Å²) in [6, 6.07) is 7.30. The van der Waals surface area contributed by atoms with Crippen LogP contribution >= 0.6 is 0 Å². The molecule has 1 aliphatic rings. The molecular formula is C22H32N2O4. The van der Waals surface area contributed by atoms with Crippen LogP contribution in [-0.2, 0) is 19.7 Å². The van der Waals surface area contributed by atoms with Gasteiger partial charge in [0.05, 0.1) is 0 Å². The lowest BCUT2D eigenvalue weighted by molar-refractivity contribution is -0.152. The number of benzene rings is 1. The summed E-state index contributed by atoms with van der Waals surface area (Å²) in [6.07, 6.45) is 1.10. The highest BCUT2D eigenvalue weighted by Crippen LogP contribution is 2.22. The minimum absolute atomic E-state index is 0.00922. The molecule has 154 valence electrons. The summed E-state index contributed by atoms with van der Waals surface area (Å²) in [7, 11) is 0. The fourth-order valence-electron chi connectivity index (χ4n) is 3.53. The van der Waals surface area contributed by atoms with E-state index in [0.717, 1.165) is 12.0 Å². The summed E-state index contributed by atoms with van der Waals surface area (Å²) >= 11 is 0. The summed E-state index contributed by atoms with van der Waals surface area (Å²) in [5.74, 6) is -0.246. The second-order valence-corrected chi connectivity index (χ2v) is 8.92. The van der Waals surface area contributed by atoms with Gasteiger partial charge in [-0.2, -0.15) is 0 Å². The van der Waals surface area contributed by atoms with Crippen LogP contribution in [-0.4, -0.2) is 48.9 Å². The van der Waals surface area contributed by atoms with Crippen molar-refractivity contribution < 1.29 is 19.1 Å². The van der Waals surface area contributed by atoms with Gasteiger partial charge in [0.25, 0.3) is 11.8 Å². The topological polar surface area (TPSA) is 75.7 Å². The summed E-state index contributed by atoms with van der Waals surface area (Å²) in [5.41, 5.74) is 1.62. The Kier molecular flexibility index (Phi) is 7.22. The summed E-state index contributed by atoms with van der Waals surface area (Å²) in [5, 5.41) is 2.54. The number of piperidine rings is 1. The maximum absolute atomic E-state index is 12.2. The molecule has 1 heterocycles. The standard InChI is InChI=1S/C22H32N2O4/c1-15-10-16(2)13-24(12-15)19(25)14-28-20(26)11-23-21(27)17-6-8-18(9-7-17)22(3,4)5/h6-9,15-16H,10-14H2,1-5H3,(H,23,27)/t15-,16-/m0/s1. The minimum Gasteiger partial charge on any atom is -0.454 e. The predicted octanol–water partition coefficient (Wildman–Crippen LogP) is 2.76. The van der Waals surface area contributed by atoms with Crippen LogP contribution in [0.3, 0.4) is 0 Å². The van der Waals surface area contributed by atoms with Gasteiger partial charge in [-0.15, -0.1) is 0 Å². The first-order valence-corrected chi connectivity index (χ1v) is 9.88. The van der Waals surface area contributed by atoms with Crippen LogP contribution in [0.15, 0.2) is 24.3 Å². The maximum atomic E-state index is 12.2. The molecule has 0 aliphatic carbocycles. The molecule has 0 spiro atoms. The van der Waals surface area contributed by atoms with E-state index in [1.54, 1.807) is 17.0 Å². The van der Waals surface area contributed by atoms with Gasteiger partial charge in [0.1, 0.15) is 6.54 Å². The molecule has 0 saturated carbocycles. The number of esters is 1. The summed E-state index contributed by atoms with van der Waals surface area (Å²) < 4.78 is 5.03. The van der Waals surface area contributed by atoms with Gasteiger partial charge in [0.2, 0.25) is 0 Å². The van der Waals surface area contributed by atoms with Crippen molar-refractivity contribution in [1.82, 2.24) is 10.2 Å². The van der Waals surface area contributed by atoms with E-state index in [1.165, 1.54) is 0 Å². The van der Waals surface area contributed by atoms with Gasteiger partial charge in [-0.25, -0.2) is 0 Å². The molecule has 1 aromatic carbocycles. The minimum atomic E-state index is -0.619. The predicted molar refractivity (Wildman–Crippen MR) is 108 cm³/mol. The number of nitrogens with one attached hydrogen (secondary N) is 1. The van der Waals surface area contributed by atoms with Crippen molar-refractivity contribution in [3.05, 3.63) is 35.4 Å². The van der Waals surface area contributed by atoms with E-state index >= 15 is 0 Å². The van der Waals surface area contributed by atoms with Crippen LogP contribution in [0.5, 0.6) is 0 Å². The number of rotatable bonds is 5. The van der Waals surface area contributed by atoms with Crippen LogP contribution in [0.4, 0.5) is 0 Å². The number of ether oxygens (including phenoxy) is 1. The number of carbonyl (C=O) groups is 3. The number of hydrogen-bond donors (Lipinski definition) is 1. The number of carbonyl (C=O) groups excluding carboxylic acids is 3. The first-order chi connectivity index (χ1) is 13.1. The van der Waals surface area contributed by atoms with Gasteiger partial charge >= 0.3 is 5.97 Å². The Bertz CT molecular complexity index is 696. The zero-order valence-corrected chi connectivity index (χ0v) is 17.6. The van der Waals surface area contributed by atoms with E-state index in [4.69, 9.17) is 4.74 Å². The van der Waals surface area contributed by atoms with Crippen molar-refractivity contribution in [1.29, 1.82) is 0 Å². The Morgan fingerprint density at radius 2 is 1.64 bits per heavy atom. The molecule has 0 unspecified atom stereocenters. The van der Waals surface area contributed by atoms with E-state index in [-0.39, 0.29) is 30.4 Å². The van der Waals surface area contributed by atoms with Gasteiger partial charge in [-0.05, 0) is 41.4 Å². The molecule has 2 amide bonds. The van der Waals surface area contributed by atoms with E-state index < -0.39 is 5.97 Å². The van der Waals surface area contributed by atoms with E-state index in [1.807, 2.05) is 12.1 Å². The van der Waals surface area contributed by atoms with Crippen molar-refractivity contribution in [2.24, 2.45) is 11.8 Å². The summed E-state index contributed by atoms with van der Waals surface area (Å²) in [4.78, 5) is 38.0. The lowest BCUT2D eigenvalue weighted by Gasteiger charge is -2.34. The second kappa shape index (κ2) is 9.22. The molecule has 1 aromatic rings. The van der Waals surface area contributed by atoms with Crippen molar-refractivity contribution in [2.45, 2.75) is 46.5 Å². The highest BCUT2D eigenvalue weighted by molar-refractivity contribution is 5.96. The number of amides is 2. The monoisotopic (exact) mass is 388 g/mol. The molecule has 1 fully saturated rings. The molecule has 1 N–H and O–H groups in total. The third-order valence-electron chi connectivity index (χ3n) is 4.98. The van der Waals surface area contributed by atoms with Crippen LogP contribution in [0, 0.1) is 11.8 Å². The largest absolute Gasteiger partial charge is 0.454 e. The molecule has 1 aliphatic heterocycles. The van der Waals surface area contributed by atoms with Gasteiger partial charge < -0.3 is 15.0 Å². The highest BCUT2D eigenvalue weighted by Gasteiger charge is 2.26. The molecular weight excluding hydrogens is 356 g/mol. The average Bonchev–Trinajstić information content (AvgIpc) is 2.62. The fourth-order valence-corrected chi connectivity index (χ4v) is 3.53. The van der Waals surface area contributed by atoms with Crippen LogP contribution in [0.1, 0.15) is 57.0 Å². The SMILES string of the molecule is C[C@H]1C[C@H](C)CN(C(=O)COC(=O)CNC(=O)c2ccc(C(C)(C)C)cc2)C1. The van der Waals surface area contributed by atoms with Crippen molar-refractivity contribution in [3.8, 4) is 0 Å². The molecule has 0 aromatic heterocycles. The van der Waals surface area contributed by atoms with Crippen LogP contribution in [0.25, 0.3) is 0 Å². The lowest BCUT2D eigenvalue weighted by atomic mass is 9.87. The number of likely N-dealkylation sites (tertiary alicyclic amines) is 1. The third-order valence-corrected chi connectivity index (χ3v) is 4.98. The first-order valence-electron chi connectivity index (χ1n) is 9.88. The quantitative estimate of drug-likeness (QED) is 0.787. The molecule has 28 heavy (non-hydrogen) atoms. The van der Waals surface area contributed by atoms with Crippen molar-refractivity contribution >= 4 is 17.8 Å². The van der Waals surface area contributed by atoms with E-state index in [2.05, 4.69) is 39.9 Å². The number of nitrogens with zero attached hydrogens (tertiary/aromatic N) is 1. The van der Waals surface area contributed by atoms with Gasteiger partial charge in [-0.3, -0.25) is 14.4 Å². The Morgan fingerprint density at radius 1 is 1.07 bits per heavy atom. The second-order valence-electron chi connectivity index (χ2n) is 8.92. The zero-order chi connectivity index (χ0) is 20.9. The van der Waals surface area contributed by atoms with E-state index in [9.17, 15) is 14.4 Å². The van der Waals surface area contributed by atoms with E-state index in [0.29, 0.717) is 30.5 Å². The molecule has 2 atom stereocenters. The smallest absolute Gasteiger partial charge is 0.325 e. The van der Waals surface area contributed by atoms with Gasteiger partial charge in [0.15, 0.2) is 6.61 Å². The molecule has 2 rings (SSSR count). The molecule has 0 radical (unpaired) electrons. The Hall–Kier alpha value is -2.37. The first kappa shape index (κ1) is 21.9. The fraction of sp³-hybridized carbons (Fsp3) is 0.591. The summed E-state index contributed by atoms with van der Waals surface area (Å²) in [6.45, 7) is 11.4. The lowest BCUT2D eigenvalue weighted by Crippen LogP contribution is -2.44. The highest BCUT2D eigenvalue weighted by atomic mass is 16.5. The van der Waals surface area contributed by atoms with Crippen molar-refractivity contribution in [3.63, 3.8) is 0 Å². The molecule has 1 saturated heterocycles. The zero-order valence-electron chi connectivity index (χ0n) is 17.6. The molecule has 6 nitrogen and oxygen atoms in total. The van der Waals surface area contributed by atoms with Crippen molar-refractivity contribution in [2.75, 3.05) is 26.2 Å². The van der Waals surface area contributed by atoms with Gasteiger partial charge in [-0.1, -0.05) is 46.8 Å². The Labute approximate surface area is 167 Å². The molecule has 6 heteroatoms. The van der Waals surface area contributed by atoms with Crippen LogP contribution in [0.2, 0.25) is 0 Å². The van der Waals surface area contributed by atoms with Crippen LogP contribution < -0.4 is 5.32 Å². The Balaban J connectivity index is 1.76. The number of hydrogen-bond acceptors (Lipinski definition) is 4.